The van der Waals surface area contributed by atoms with E-state index in [1.165, 1.54) is 0 Å². The Bertz CT molecular complexity index is 2310. The topological polar surface area (TPSA) is 0 Å². The molecule has 1 aliphatic heterocycles. The first-order valence-electron chi connectivity index (χ1n) is 19.2. The van der Waals surface area contributed by atoms with Crippen molar-refractivity contribution in [2.45, 2.75) is 77.3 Å². The van der Waals surface area contributed by atoms with Crippen LogP contribution in [0.5, 0.6) is 0 Å². The zero-order chi connectivity index (χ0) is 42.7. The van der Waals surface area contributed by atoms with Crippen molar-refractivity contribution in [3.63, 3.8) is 0 Å². The van der Waals surface area contributed by atoms with Gasteiger partial charge in [0.05, 0.1) is 35.3 Å². The van der Waals surface area contributed by atoms with Gasteiger partial charge in [0.2, 0.25) is 0 Å². The number of benzene rings is 6. The van der Waals surface area contributed by atoms with E-state index in [4.69, 9.17) is 0 Å². The van der Waals surface area contributed by atoms with Crippen LogP contribution in [0.15, 0.2) is 97.1 Å². The summed E-state index contributed by atoms with van der Waals surface area (Å²) in [4.78, 5) is 0. The van der Waals surface area contributed by atoms with Gasteiger partial charge in [-0.2, -0.15) is 52.7 Å². The van der Waals surface area contributed by atoms with Crippen molar-refractivity contribution in [1.82, 2.24) is 0 Å². The highest BCUT2D eigenvalue weighted by atomic mass is 79.9. The fourth-order valence-corrected chi connectivity index (χ4v) is 8.56. The number of halogens is 13. The molecule has 0 N–H and O–H groups in total. The summed E-state index contributed by atoms with van der Waals surface area (Å²) in [5.74, 6) is 0. The van der Waals surface area contributed by atoms with Crippen LogP contribution in [-0.2, 0) is 37.8 Å². The van der Waals surface area contributed by atoms with Gasteiger partial charge in [-0.1, -0.05) is 75.2 Å². The van der Waals surface area contributed by atoms with E-state index >= 15 is 0 Å². The molecule has 0 bridgehead atoms. The second-order valence-electron chi connectivity index (χ2n) is 15.4. The third kappa shape index (κ3) is 8.77. The third-order valence-electron chi connectivity index (χ3n) is 11.3. The molecule has 6 aromatic carbocycles. The van der Waals surface area contributed by atoms with Crippen LogP contribution in [0, 0.1) is 0 Å². The van der Waals surface area contributed by atoms with E-state index in [0.29, 0.717) is 107 Å². The molecule has 7 rings (SSSR count). The first kappa shape index (κ1) is 45.0. The maximum absolute atomic E-state index is 14.4. The molecule has 0 unspecified atom stereocenters. The number of fused-ring (bicyclic) bond motifs is 7. The molecule has 0 saturated heterocycles. The average Bonchev–Trinajstić information content (AvgIpc) is 3.32. The highest BCUT2D eigenvalue weighted by Crippen LogP contribution is 2.52. The molecule has 1 heterocycles. The molecule has 0 aromatic heterocycles. The number of hydrogen-bond donors (Lipinski definition) is 0. The molecule has 6 aromatic rings. The summed E-state index contributed by atoms with van der Waals surface area (Å²) in [6, 6.07) is 19.8. The van der Waals surface area contributed by atoms with E-state index in [2.05, 4.69) is 0 Å². The number of alkyl halides is 12. The highest BCUT2D eigenvalue weighted by Gasteiger charge is 2.42. The Morgan fingerprint density at radius 3 is 1.07 bits per heavy atom. The van der Waals surface area contributed by atoms with Gasteiger partial charge in [0.25, 0.3) is 0 Å². The maximum Gasteiger partial charge on any atom is 0.416 e. The van der Waals surface area contributed by atoms with Gasteiger partial charge in [-0.25, -0.2) is 0 Å². The Kier molecular flexibility index (Phi) is 12.3. The molecule has 0 aliphatic carbocycles. The predicted octanol–water partition coefficient (Wildman–Crippen LogP) is 16.1. The molecular formula is C46H39BrF12N+. The lowest BCUT2D eigenvalue weighted by Crippen LogP contribution is -2.47. The van der Waals surface area contributed by atoms with Crippen LogP contribution in [0.4, 0.5) is 52.7 Å². The standard InChI is InChI=1S/C46H38F12N.BrH/c1-3-5-15-59(16-6-4-2)25-39-37(29-17-31(43(47,48)49)23-32(18-29)44(50,51)52)21-27-11-7-9-13-35(27)41(39)42-36-14-10-8-12-28(36)22-38(40(42)26-59)30-19-33(45(53,54)55)24-34(20-30)46(56,57)58;/h7-14,17-24H,3-6,15-16,25-26H2,1-2H3;1H/q+1;. The lowest BCUT2D eigenvalue weighted by Gasteiger charge is -2.39. The Morgan fingerprint density at radius 1 is 0.450 bits per heavy atom. The van der Waals surface area contributed by atoms with Gasteiger partial charge in [-0.05, 0) is 105 Å². The van der Waals surface area contributed by atoms with E-state index < -0.39 is 47.0 Å². The molecule has 14 heteroatoms. The molecule has 0 spiro atoms. The monoisotopic (exact) mass is 912 g/mol. The van der Waals surface area contributed by atoms with Crippen LogP contribution >= 0.6 is 17.0 Å². The summed E-state index contributed by atoms with van der Waals surface area (Å²) in [5, 5.41) is 2.08. The summed E-state index contributed by atoms with van der Waals surface area (Å²) in [5.41, 5.74) is -4.61. The quantitative estimate of drug-likeness (QED) is 0.105. The van der Waals surface area contributed by atoms with Gasteiger partial charge >= 0.3 is 24.7 Å². The summed E-state index contributed by atoms with van der Waals surface area (Å²) < 4.78 is 173. The molecular weight excluding hydrogens is 874 g/mol. The van der Waals surface area contributed by atoms with Gasteiger partial charge in [-0.15, -0.1) is 17.0 Å². The lowest BCUT2D eigenvalue weighted by atomic mass is 9.81. The van der Waals surface area contributed by atoms with Crippen LogP contribution in [-0.4, -0.2) is 17.6 Å². The molecule has 1 nitrogen and oxygen atoms in total. The zero-order valence-corrected chi connectivity index (χ0v) is 34.0. The van der Waals surface area contributed by atoms with Crippen LogP contribution < -0.4 is 0 Å². The molecule has 318 valence electrons. The molecule has 60 heavy (non-hydrogen) atoms. The number of rotatable bonds is 8. The summed E-state index contributed by atoms with van der Waals surface area (Å²) in [6.07, 6.45) is -17.9. The Morgan fingerprint density at radius 2 is 0.767 bits per heavy atom. The summed E-state index contributed by atoms with van der Waals surface area (Å²) in [6.45, 7) is 5.03. The maximum atomic E-state index is 14.4. The molecule has 0 fully saturated rings. The number of quaternary nitrogens is 1. The SMILES string of the molecule is Br.CCCC[N+]1(CCCC)Cc2c(-c3cc(C(F)(F)F)cc(C(F)(F)F)c3)cc3ccccc3c2-c2c(c(-c3cc(C(F)(F)F)cc(C(F)(F)F)c3)cc3ccccc23)C1. The summed E-state index contributed by atoms with van der Waals surface area (Å²) >= 11 is 0. The molecule has 0 atom stereocenters. The molecule has 0 radical (unpaired) electrons. The van der Waals surface area contributed by atoms with Crippen LogP contribution in [0.3, 0.4) is 0 Å². The fourth-order valence-electron chi connectivity index (χ4n) is 8.56. The van der Waals surface area contributed by atoms with Crippen LogP contribution in [0.25, 0.3) is 54.9 Å². The second-order valence-corrected chi connectivity index (χ2v) is 15.4. The van der Waals surface area contributed by atoms with Crippen molar-refractivity contribution in [2.75, 3.05) is 13.1 Å². The van der Waals surface area contributed by atoms with Gasteiger partial charge in [-0.3, -0.25) is 0 Å². The third-order valence-corrected chi connectivity index (χ3v) is 11.3. The van der Waals surface area contributed by atoms with E-state index in [9.17, 15) is 52.7 Å². The van der Waals surface area contributed by atoms with Crippen molar-refractivity contribution < 1.29 is 57.2 Å². The van der Waals surface area contributed by atoms with Crippen LogP contribution in [0.1, 0.15) is 72.9 Å². The number of nitrogens with zero attached hydrogens (tertiary/aromatic N) is 1. The zero-order valence-electron chi connectivity index (χ0n) is 32.3. The van der Waals surface area contributed by atoms with Gasteiger partial charge in [0, 0.05) is 22.3 Å². The first-order chi connectivity index (χ1) is 27.6. The van der Waals surface area contributed by atoms with Gasteiger partial charge < -0.3 is 4.48 Å². The number of hydrogen-bond acceptors (Lipinski definition) is 0. The highest BCUT2D eigenvalue weighted by molar-refractivity contribution is 8.93. The Hall–Kier alpha value is -4.56. The first-order valence-corrected chi connectivity index (χ1v) is 19.2. The van der Waals surface area contributed by atoms with Crippen LogP contribution in [0.2, 0.25) is 0 Å². The largest absolute Gasteiger partial charge is 0.416 e. The van der Waals surface area contributed by atoms with Crippen molar-refractivity contribution >= 4 is 38.5 Å². The van der Waals surface area contributed by atoms with Crippen molar-refractivity contribution in [1.29, 1.82) is 0 Å². The van der Waals surface area contributed by atoms with Crippen molar-refractivity contribution in [2.24, 2.45) is 0 Å². The Balaban J connectivity index is 0.00000604. The van der Waals surface area contributed by atoms with E-state index in [0.717, 1.165) is 0 Å². The van der Waals surface area contributed by atoms with Gasteiger partial charge in [0.1, 0.15) is 13.1 Å². The summed E-state index contributed by atoms with van der Waals surface area (Å²) in [7, 11) is 0. The minimum Gasteiger partial charge on any atom is -0.316 e. The van der Waals surface area contributed by atoms with E-state index in [1.807, 2.05) is 13.8 Å². The molecule has 1 aliphatic rings. The second kappa shape index (κ2) is 16.4. The minimum atomic E-state index is -5.14. The molecule has 0 amide bonds. The molecule has 0 saturated carbocycles. The van der Waals surface area contributed by atoms with Crippen molar-refractivity contribution in [3.8, 4) is 33.4 Å². The van der Waals surface area contributed by atoms with E-state index in [-0.39, 0.29) is 68.9 Å². The predicted molar refractivity (Wildman–Crippen MR) is 215 cm³/mol. The van der Waals surface area contributed by atoms with Gasteiger partial charge in [0.15, 0.2) is 0 Å². The normalized spacial score (nSPS) is 14.4. The fraction of sp³-hybridized carbons (Fsp3) is 0.304. The van der Waals surface area contributed by atoms with Crippen molar-refractivity contribution in [3.05, 3.63) is 130 Å². The smallest absolute Gasteiger partial charge is 0.316 e. The average molecular weight is 914 g/mol. The Labute approximate surface area is 349 Å². The lowest BCUT2D eigenvalue weighted by molar-refractivity contribution is -0.953. The van der Waals surface area contributed by atoms with E-state index in [1.54, 1.807) is 60.7 Å². The number of unbranched alkanes of at least 4 members (excludes halogenated alkanes) is 2. The minimum absolute atomic E-state index is 0.